The molecule has 1 aromatic heterocycles. The molecule has 0 spiro atoms. The molecule has 1 aliphatic rings. The molecule has 2 heterocycles. The number of aromatic nitrogens is 1. The van der Waals surface area contributed by atoms with Gasteiger partial charge in [0.2, 0.25) is 0 Å². The van der Waals surface area contributed by atoms with Gasteiger partial charge in [-0.15, -0.1) is 0 Å². The summed E-state index contributed by atoms with van der Waals surface area (Å²) in [5, 5.41) is 10.1. The quantitative estimate of drug-likeness (QED) is 0.851. The van der Waals surface area contributed by atoms with Gasteiger partial charge in [-0.1, -0.05) is 18.2 Å². The summed E-state index contributed by atoms with van der Waals surface area (Å²) in [5.74, 6) is -1.06. The molecule has 1 aromatic carbocycles. The largest absolute Gasteiger partial charge is 0.481 e. The Balaban J connectivity index is 1.79. The number of hydrogen-bond acceptors (Lipinski definition) is 3. The van der Waals surface area contributed by atoms with Crippen LogP contribution in [0.25, 0.3) is 10.9 Å². The second kappa shape index (κ2) is 5.93. The van der Waals surface area contributed by atoms with E-state index in [9.17, 15) is 9.59 Å². The molecule has 3 rings (SSSR count). The van der Waals surface area contributed by atoms with Gasteiger partial charge in [0.25, 0.3) is 0 Å². The zero-order chi connectivity index (χ0) is 15.7. The summed E-state index contributed by atoms with van der Waals surface area (Å²) in [6.45, 7) is 3.44. The van der Waals surface area contributed by atoms with Crippen LogP contribution < -0.4 is 0 Å². The highest BCUT2D eigenvalue weighted by Gasteiger charge is 2.27. The first-order valence-electron chi connectivity index (χ1n) is 7.62. The van der Waals surface area contributed by atoms with Crippen LogP contribution in [0.5, 0.6) is 0 Å². The van der Waals surface area contributed by atoms with E-state index in [0.29, 0.717) is 13.0 Å². The van der Waals surface area contributed by atoms with E-state index >= 15 is 0 Å². The number of ketones is 1. The van der Waals surface area contributed by atoms with Gasteiger partial charge in [0.15, 0.2) is 5.78 Å². The molecule has 0 saturated carbocycles. The standard InChI is InChI=1S/C17H20N2O3/c1-11-16(13-6-2-3-7-14(13)18-11)15(20)10-19-8-4-5-12(9-19)17(21)22/h2-3,6-7,12,18H,4-5,8-10H2,1H3,(H,21,22). The molecule has 0 aliphatic carbocycles. The van der Waals surface area contributed by atoms with Gasteiger partial charge in [-0.05, 0) is 32.4 Å². The van der Waals surface area contributed by atoms with Crippen molar-refractivity contribution in [3.05, 3.63) is 35.5 Å². The molecule has 0 radical (unpaired) electrons. The van der Waals surface area contributed by atoms with Crippen molar-refractivity contribution in [1.29, 1.82) is 0 Å². The highest BCUT2D eigenvalue weighted by Crippen LogP contribution is 2.23. The van der Waals surface area contributed by atoms with Gasteiger partial charge in [0.1, 0.15) is 0 Å². The van der Waals surface area contributed by atoms with E-state index in [1.54, 1.807) is 0 Å². The van der Waals surface area contributed by atoms with Crippen molar-refractivity contribution in [2.75, 3.05) is 19.6 Å². The third kappa shape index (κ3) is 2.76. The summed E-state index contributed by atoms with van der Waals surface area (Å²) in [6, 6.07) is 7.77. The molecular weight excluding hydrogens is 280 g/mol. The molecular formula is C17H20N2O3. The molecule has 1 unspecified atom stereocenters. The van der Waals surface area contributed by atoms with Gasteiger partial charge in [-0.2, -0.15) is 0 Å². The predicted octanol–water partition coefficient (Wildman–Crippen LogP) is 2.46. The van der Waals surface area contributed by atoms with Gasteiger partial charge in [-0.3, -0.25) is 14.5 Å². The molecule has 116 valence electrons. The van der Waals surface area contributed by atoms with E-state index in [2.05, 4.69) is 4.98 Å². The van der Waals surface area contributed by atoms with Crippen molar-refractivity contribution in [2.24, 2.45) is 5.92 Å². The molecule has 2 aromatic rings. The number of carboxylic acid groups (broad SMARTS) is 1. The monoisotopic (exact) mass is 300 g/mol. The summed E-state index contributed by atoms with van der Waals surface area (Å²) in [4.78, 5) is 29.0. The molecule has 5 nitrogen and oxygen atoms in total. The number of carbonyl (C=O) groups excluding carboxylic acids is 1. The Kier molecular flexibility index (Phi) is 3.98. The van der Waals surface area contributed by atoms with Crippen LogP contribution in [0.1, 0.15) is 28.9 Å². The van der Waals surface area contributed by atoms with Crippen LogP contribution in [0, 0.1) is 12.8 Å². The minimum absolute atomic E-state index is 0.0565. The summed E-state index contributed by atoms with van der Waals surface area (Å²) in [7, 11) is 0. The molecule has 1 saturated heterocycles. The lowest BCUT2D eigenvalue weighted by molar-refractivity contribution is -0.143. The Morgan fingerprint density at radius 2 is 2.14 bits per heavy atom. The molecule has 5 heteroatoms. The summed E-state index contributed by atoms with van der Waals surface area (Å²) in [5.41, 5.74) is 2.57. The van der Waals surface area contributed by atoms with Crippen molar-refractivity contribution in [2.45, 2.75) is 19.8 Å². The second-order valence-corrected chi connectivity index (χ2v) is 6.01. The SMILES string of the molecule is Cc1[nH]c2ccccc2c1C(=O)CN1CCCC(C(=O)O)C1. The molecule has 1 fully saturated rings. The predicted molar refractivity (Wildman–Crippen MR) is 84.2 cm³/mol. The van der Waals surface area contributed by atoms with Gasteiger partial charge in [-0.25, -0.2) is 0 Å². The highest BCUT2D eigenvalue weighted by atomic mass is 16.4. The smallest absolute Gasteiger partial charge is 0.307 e. The van der Waals surface area contributed by atoms with Gasteiger partial charge in [0, 0.05) is 28.7 Å². The number of benzene rings is 1. The molecule has 1 aliphatic heterocycles. The number of rotatable bonds is 4. The number of fused-ring (bicyclic) bond motifs is 1. The average Bonchev–Trinajstić information content (AvgIpc) is 2.83. The number of carboxylic acids is 1. The Hall–Kier alpha value is -2.14. The lowest BCUT2D eigenvalue weighted by Gasteiger charge is -2.29. The average molecular weight is 300 g/mol. The Labute approximate surface area is 128 Å². The maximum Gasteiger partial charge on any atom is 0.307 e. The lowest BCUT2D eigenvalue weighted by atomic mass is 9.97. The third-order valence-electron chi connectivity index (χ3n) is 4.39. The van der Waals surface area contributed by atoms with Crippen LogP contribution >= 0.6 is 0 Å². The number of nitrogens with one attached hydrogen (secondary N) is 1. The Morgan fingerprint density at radius 1 is 1.36 bits per heavy atom. The number of aromatic amines is 1. The number of carbonyl (C=O) groups is 2. The van der Waals surface area contributed by atoms with E-state index in [-0.39, 0.29) is 18.2 Å². The van der Waals surface area contributed by atoms with Gasteiger partial charge in [0.05, 0.1) is 12.5 Å². The number of aryl methyl sites for hydroxylation is 1. The first-order valence-corrected chi connectivity index (χ1v) is 7.62. The lowest BCUT2D eigenvalue weighted by Crippen LogP contribution is -2.41. The molecule has 22 heavy (non-hydrogen) atoms. The van der Waals surface area contributed by atoms with Crippen molar-refractivity contribution >= 4 is 22.7 Å². The topological polar surface area (TPSA) is 73.4 Å². The summed E-state index contributed by atoms with van der Waals surface area (Å²) < 4.78 is 0. The first kappa shape index (κ1) is 14.8. The fraction of sp³-hybridized carbons (Fsp3) is 0.412. The number of para-hydroxylation sites is 1. The molecule has 0 bridgehead atoms. The van der Waals surface area contributed by atoms with E-state index < -0.39 is 5.97 Å². The van der Waals surface area contributed by atoms with Crippen LogP contribution in [0.2, 0.25) is 0 Å². The fourth-order valence-corrected chi connectivity index (χ4v) is 3.32. The maximum absolute atomic E-state index is 12.7. The van der Waals surface area contributed by atoms with E-state index in [0.717, 1.165) is 35.1 Å². The number of likely N-dealkylation sites (tertiary alicyclic amines) is 1. The zero-order valence-electron chi connectivity index (χ0n) is 12.6. The molecule has 2 N–H and O–H groups in total. The number of H-pyrrole nitrogens is 1. The number of hydrogen-bond donors (Lipinski definition) is 2. The minimum atomic E-state index is -0.763. The highest BCUT2D eigenvalue weighted by molar-refractivity contribution is 6.10. The second-order valence-electron chi connectivity index (χ2n) is 6.01. The first-order chi connectivity index (χ1) is 10.6. The Bertz CT molecular complexity index is 720. The molecule has 1 atom stereocenters. The minimum Gasteiger partial charge on any atom is -0.481 e. The van der Waals surface area contributed by atoms with Crippen LogP contribution in [-0.2, 0) is 4.79 Å². The van der Waals surface area contributed by atoms with Crippen molar-refractivity contribution < 1.29 is 14.7 Å². The van der Waals surface area contributed by atoms with E-state index in [1.165, 1.54) is 0 Å². The van der Waals surface area contributed by atoms with Crippen LogP contribution in [0.15, 0.2) is 24.3 Å². The third-order valence-corrected chi connectivity index (χ3v) is 4.39. The van der Waals surface area contributed by atoms with E-state index in [4.69, 9.17) is 5.11 Å². The number of Topliss-reactive ketones (excluding diaryl/α,β-unsaturated/α-hetero) is 1. The zero-order valence-corrected chi connectivity index (χ0v) is 12.6. The van der Waals surface area contributed by atoms with Crippen molar-refractivity contribution in [3.63, 3.8) is 0 Å². The number of piperidine rings is 1. The van der Waals surface area contributed by atoms with Crippen LogP contribution in [-0.4, -0.2) is 46.4 Å². The van der Waals surface area contributed by atoms with Gasteiger partial charge < -0.3 is 10.1 Å². The Morgan fingerprint density at radius 3 is 2.91 bits per heavy atom. The van der Waals surface area contributed by atoms with Crippen LogP contribution in [0.3, 0.4) is 0 Å². The number of aliphatic carboxylic acids is 1. The van der Waals surface area contributed by atoms with Crippen LogP contribution in [0.4, 0.5) is 0 Å². The van der Waals surface area contributed by atoms with Crippen molar-refractivity contribution in [3.8, 4) is 0 Å². The summed E-state index contributed by atoms with van der Waals surface area (Å²) >= 11 is 0. The van der Waals surface area contributed by atoms with Gasteiger partial charge >= 0.3 is 5.97 Å². The number of nitrogens with zero attached hydrogens (tertiary/aromatic N) is 1. The normalized spacial score (nSPS) is 19.4. The fourth-order valence-electron chi connectivity index (χ4n) is 3.32. The molecule has 0 amide bonds. The maximum atomic E-state index is 12.7. The van der Waals surface area contributed by atoms with Crippen molar-refractivity contribution in [1.82, 2.24) is 9.88 Å². The van der Waals surface area contributed by atoms with E-state index in [1.807, 2.05) is 36.1 Å². The summed E-state index contributed by atoms with van der Waals surface area (Å²) in [6.07, 6.45) is 1.53.